The molecule has 0 N–H and O–H groups in total. The van der Waals surface area contributed by atoms with Crippen molar-refractivity contribution in [2.75, 3.05) is 5.75 Å². The minimum absolute atomic E-state index is 0.0943. The van der Waals surface area contributed by atoms with E-state index in [4.69, 9.17) is 17.0 Å². The third-order valence-corrected chi connectivity index (χ3v) is 4.55. The Labute approximate surface area is 130 Å². The smallest absolute Gasteiger partial charge is 0.316 e. The van der Waals surface area contributed by atoms with E-state index in [9.17, 15) is 4.79 Å². The lowest BCUT2D eigenvalue weighted by molar-refractivity contribution is -0.144. The van der Waals surface area contributed by atoms with Gasteiger partial charge in [-0.05, 0) is 38.2 Å². The molecule has 0 aliphatic rings. The lowest BCUT2D eigenvalue weighted by Gasteiger charge is -2.06. The van der Waals surface area contributed by atoms with Crippen LogP contribution in [0, 0.1) is 3.95 Å². The van der Waals surface area contributed by atoms with Crippen LogP contribution < -0.4 is 0 Å². The van der Waals surface area contributed by atoms with E-state index in [1.165, 1.54) is 23.1 Å². The number of para-hydroxylation sites is 1. The molecule has 0 fully saturated rings. The van der Waals surface area contributed by atoms with Crippen molar-refractivity contribution in [3.8, 4) is 5.69 Å². The second-order valence-corrected chi connectivity index (χ2v) is 7.05. The van der Waals surface area contributed by atoms with Crippen LogP contribution >= 0.6 is 35.3 Å². The van der Waals surface area contributed by atoms with Gasteiger partial charge in [-0.15, -0.1) is 5.10 Å². The topological polar surface area (TPSA) is 44.1 Å². The van der Waals surface area contributed by atoms with E-state index in [2.05, 4.69) is 5.10 Å². The average molecular weight is 326 g/mol. The molecule has 2 aromatic rings. The fourth-order valence-electron chi connectivity index (χ4n) is 1.47. The Hall–Kier alpha value is -1.18. The summed E-state index contributed by atoms with van der Waals surface area (Å²) in [5.41, 5.74) is 0.922. The lowest BCUT2D eigenvalue weighted by Crippen LogP contribution is -2.13. The molecule has 1 aromatic heterocycles. The molecule has 0 saturated carbocycles. The minimum Gasteiger partial charge on any atom is -0.462 e. The monoisotopic (exact) mass is 326 g/mol. The van der Waals surface area contributed by atoms with E-state index in [-0.39, 0.29) is 17.8 Å². The Bertz CT molecular complexity index is 635. The number of aromatic nitrogens is 2. The van der Waals surface area contributed by atoms with Crippen LogP contribution in [0.5, 0.6) is 0 Å². The first-order valence-corrected chi connectivity index (χ1v) is 8.25. The van der Waals surface area contributed by atoms with Gasteiger partial charge in [-0.3, -0.25) is 4.79 Å². The Morgan fingerprint density at radius 3 is 2.80 bits per heavy atom. The maximum absolute atomic E-state index is 11.5. The van der Waals surface area contributed by atoms with Crippen molar-refractivity contribution >= 4 is 41.3 Å². The number of ether oxygens (including phenoxy) is 1. The standard InChI is InChI=1S/C13H14N2O2S3/c1-9(2)17-11(16)8-19-12-14-15(13(18)20-12)10-6-4-3-5-7-10/h3-7,9H,8H2,1-2H3. The number of hydrogen-bond acceptors (Lipinski definition) is 6. The third kappa shape index (κ3) is 4.16. The normalized spacial score (nSPS) is 10.8. The summed E-state index contributed by atoms with van der Waals surface area (Å²) in [6, 6.07) is 9.69. The van der Waals surface area contributed by atoms with Crippen molar-refractivity contribution in [3.05, 3.63) is 34.3 Å². The lowest BCUT2D eigenvalue weighted by atomic mass is 10.3. The van der Waals surface area contributed by atoms with Crippen LogP contribution in [-0.2, 0) is 9.53 Å². The summed E-state index contributed by atoms with van der Waals surface area (Å²) in [6.45, 7) is 3.66. The number of carbonyl (C=O) groups is 1. The summed E-state index contributed by atoms with van der Waals surface area (Å²) in [6.07, 6.45) is -0.0943. The molecule has 1 aromatic carbocycles. The number of hydrogen-bond donors (Lipinski definition) is 0. The SMILES string of the molecule is CC(C)OC(=O)CSc1nn(-c2ccccc2)c(=S)s1. The van der Waals surface area contributed by atoms with Gasteiger partial charge in [0.25, 0.3) is 0 Å². The van der Waals surface area contributed by atoms with E-state index >= 15 is 0 Å². The number of nitrogens with zero attached hydrogens (tertiary/aromatic N) is 2. The third-order valence-electron chi connectivity index (χ3n) is 2.21. The van der Waals surface area contributed by atoms with Crippen LogP contribution in [0.1, 0.15) is 13.8 Å². The fourth-order valence-corrected chi connectivity index (χ4v) is 3.61. The summed E-state index contributed by atoms with van der Waals surface area (Å²) >= 11 is 8.03. The molecule has 0 aliphatic heterocycles. The largest absolute Gasteiger partial charge is 0.462 e. The van der Waals surface area contributed by atoms with Gasteiger partial charge in [-0.1, -0.05) is 41.3 Å². The zero-order chi connectivity index (χ0) is 14.5. The highest BCUT2D eigenvalue weighted by Crippen LogP contribution is 2.24. The van der Waals surface area contributed by atoms with Gasteiger partial charge in [0.05, 0.1) is 17.5 Å². The number of carbonyl (C=O) groups excluding carboxylic acids is 1. The van der Waals surface area contributed by atoms with Gasteiger partial charge >= 0.3 is 5.97 Å². The van der Waals surface area contributed by atoms with Crippen LogP contribution in [0.4, 0.5) is 0 Å². The van der Waals surface area contributed by atoms with E-state index in [0.29, 0.717) is 3.95 Å². The van der Waals surface area contributed by atoms with Crippen molar-refractivity contribution < 1.29 is 9.53 Å². The molecule has 0 unspecified atom stereocenters. The van der Waals surface area contributed by atoms with Crippen molar-refractivity contribution in [1.82, 2.24) is 9.78 Å². The van der Waals surface area contributed by atoms with E-state index in [0.717, 1.165) is 10.0 Å². The average Bonchev–Trinajstić information content (AvgIpc) is 2.78. The molecule has 4 nitrogen and oxygen atoms in total. The fraction of sp³-hybridized carbons (Fsp3) is 0.308. The Morgan fingerprint density at radius 2 is 2.15 bits per heavy atom. The Balaban J connectivity index is 2.05. The van der Waals surface area contributed by atoms with Gasteiger partial charge in [-0.25, -0.2) is 4.68 Å². The molecule has 7 heteroatoms. The van der Waals surface area contributed by atoms with Crippen LogP contribution in [0.3, 0.4) is 0 Å². The van der Waals surface area contributed by atoms with Crippen LogP contribution in [0.15, 0.2) is 34.7 Å². The molecule has 0 saturated heterocycles. The van der Waals surface area contributed by atoms with Gasteiger partial charge in [0.15, 0.2) is 8.29 Å². The zero-order valence-electron chi connectivity index (χ0n) is 11.1. The van der Waals surface area contributed by atoms with Crippen LogP contribution in [-0.4, -0.2) is 27.6 Å². The first kappa shape index (κ1) is 15.2. The van der Waals surface area contributed by atoms with Crippen LogP contribution in [0.2, 0.25) is 0 Å². The zero-order valence-corrected chi connectivity index (χ0v) is 13.6. The number of benzene rings is 1. The molecule has 0 bridgehead atoms. The highest BCUT2D eigenvalue weighted by Gasteiger charge is 2.10. The second kappa shape index (κ2) is 7.01. The Morgan fingerprint density at radius 1 is 1.45 bits per heavy atom. The summed E-state index contributed by atoms with van der Waals surface area (Å²) in [4.78, 5) is 11.5. The quantitative estimate of drug-likeness (QED) is 0.476. The van der Waals surface area contributed by atoms with Crippen molar-refractivity contribution in [3.63, 3.8) is 0 Å². The highest BCUT2D eigenvalue weighted by molar-refractivity contribution is 8.01. The van der Waals surface area contributed by atoms with Crippen molar-refractivity contribution in [1.29, 1.82) is 0 Å². The van der Waals surface area contributed by atoms with E-state index in [1.807, 2.05) is 44.2 Å². The minimum atomic E-state index is -0.239. The predicted octanol–water partition coefficient (Wildman–Crippen LogP) is 3.71. The van der Waals surface area contributed by atoms with Gasteiger partial charge in [-0.2, -0.15) is 0 Å². The number of rotatable bonds is 5. The maximum atomic E-state index is 11.5. The molecule has 106 valence electrons. The molecule has 0 atom stereocenters. The molecule has 1 heterocycles. The van der Waals surface area contributed by atoms with Crippen molar-refractivity contribution in [2.45, 2.75) is 24.3 Å². The van der Waals surface area contributed by atoms with Gasteiger partial charge in [0, 0.05) is 0 Å². The summed E-state index contributed by atoms with van der Waals surface area (Å²) in [7, 11) is 0. The molecule has 0 spiro atoms. The summed E-state index contributed by atoms with van der Waals surface area (Å²) in [5.74, 6) is 0.00676. The van der Waals surface area contributed by atoms with E-state index < -0.39 is 0 Å². The molecule has 20 heavy (non-hydrogen) atoms. The number of thioether (sulfide) groups is 1. The molecule has 2 rings (SSSR count). The highest BCUT2D eigenvalue weighted by atomic mass is 32.2. The Kier molecular flexibility index (Phi) is 5.33. The second-order valence-electron chi connectivity index (χ2n) is 4.21. The molecule has 0 amide bonds. The van der Waals surface area contributed by atoms with Crippen molar-refractivity contribution in [2.24, 2.45) is 0 Å². The van der Waals surface area contributed by atoms with E-state index in [1.54, 1.807) is 4.68 Å². The predicted molar refractivity (Wildman–Crippen MR) is 84.2 cm³/mol. The summed E-state index contributed by atoms with van der Waals surface area (Å²) < 4.78 is 8.21. The molecular weight excluding hydrogens is 312 g/mol. The van der Waals surface area contributed by atoms with Crippen LogP contribution in [0.25, 0.3) is 5.69 Å². The molecule has 0 aliphatic carbocycles. The number of esters is 1. The first-order chi connectivity index (χ1) is 9.56. The van der Waals surface area contributed by atoms with Gasteiger partial charge < -0.3 is 4.74 Å². The van der Waals surface area contributed by atoms with Gasteiger partial charge in [0.1, 0.15) is 0 Å². The summed E-state index contributed by atoms with van der Waals surface area (Å²) in [5, 5.41) is 4.42. The maximum Gasteiger partial charge on any atom is 0.316 e. The van der Waals surface area contributed by atoms with Gasteiger partial charge in [0.2, 0.25) is 0 Å². The molecule has 0 radical (unpaired) electrons. The first-order valence-electron chi connectivity index (χ1n) is 6.04. The molecular formula is C13H14N2O2S3.